The van der Waals surface area contributed by atoms with Crippen molar-refractivity contribution in [2.24, 2.45) is 5.41 Å². The Kier molecular flexibility index (Phi) is 4.95. The number of amides is 1. The van der Waals surface area contributed by atoms with Crippen LogP contribution in [-0.2, 0) is 16.0 Å². The molecule has 1 amide bonds. The van der Waals surface area contributed by atoms with Crippen molar-refractivity contribution in [3.05, 3.63) is 18.2 Å². The predicted molar refractivity (Wildman–Crippen MR) is 76.7 cm³/mol. The highest BCUT2D eigenvalue weighted by Crippen LogP contribution is 2.32. The van der Waals surface area contributed by atoms with Crippen molar-refractivity contribution in [1.82, 2.24) is 20.6 Å². The predicted octanol–water partition coefficient (Wildman–Crippen LogP) is 0.301. The molecule has 2 rings (SSSR count). The van der Waals surface area contributed by atoms with Gasteiger partial charge in [0.05, 0.1) is 11.7 Å². The average Bonchev–Trinajstić information content (AvgIpc) is 3.00. The van der Waals surface area contributed by atoms with Gasteiger partial charge in [-0.15, -0.1) is 0 Å². The minimum atomic E-state index is -1.03. The third-order valence-electron chi connectivity index (χ3n) is 4.30. The zero-order chi connectivity index (χ0) is 15.3. The third kappa shape index (κ3) is 3.60. The summed E-state index contributed by atoms with van der Waals surface area (Å²) in [6.07, 6.45) is 5.48. The molecule has 1 aromatic rings. The molecule has 1 aromatic heterocycles. The SMILES string of the molecule is CCC1(C(=O)NC(Cc2cnc[nH]2)C(=O)O)CCNCC1. The number of nitrogens with one attached hydrogen (secondary N) is 3. The zero-order valence-corrected chi connectivity index (χ0v) is 12.2. The Morgan fingerprint density at radius 2 is 2.19 bits per heavy atom. The van der Waals surface area contributed by atoms with E-state index in [1.54, 1.807) is 6.20 Å². The summed E-state index contributed by atoms with van der Waals surface area (Å²) in [5.74, 6) is -1.18. The molecule has 0 aliphatic carbocycles. The van der Waals surface area contributed by atoms with Crippen LogP contribution in [0.1, 0.15) is 31.9 Å². The lowest BCUT2D eigenvalue weighted by molar-refractivity contribution is -0.144. The molecule has 0 aromatic carbocycles. The highest BCUT2D eigenvalue weighted by molar-refractivity contribution is 5.87. The van der Waals surface area contributed by atoms with Crippen molar-refractivity contribution in [3.63, 3.8) is 0 Å². The first-order valence-electron chi connectivity index (χ1n) is 7.29. The molecule has 1 atom stereocenters. The second-order valence-corrected chi connectivity index (χ2v) is 5.53. The van der Waals surface area contributed by atoms with Crippen LogP contribution in [0, 0.1) is 5.41 Å². The Morgan fingerprint density at radius 1 is 1.48 bits per heavy atom. The van der Waals surface area contributed by atoms with Gasteiger partial charge in [-0.05, 0) is 32.4 Å². The molecule has 1 aliphatic rings. The highest BCUT2D eigenvalue weighted by Gasteiger charge is 2.39. The van der Waals surface area contributed by atoms with Gasteiger partial charge in [0.1, 0.15) is 6.04 Å². The van der Waals surface area contributed by atoms with Crippen molar-refractivity contribution in [1.29, 1.82) is 0 Å². The van der Waals surface area contributed by atoms with E-state index >= 15 is 0 Å². The fourth-order valence-corrected chi connectivity index (χ4v) is 2.77. The molecule has 1 saturated heterocycles. The van der Waals surface area contributed by atoms with Gasteiger partial charge in [-0.1, -0.05) is 6.92 Å². The van der Waals surface area contributed by atoms with Crippen molar-refractivity contribution >= 4 is 11.9 Å². The summed E-state index contributed by atoms with van der Waals surface area (Å²) in [6, 6.07) is -0.934. The first-order valence-corrected chi connectivity index (χ1v) is 7.29. The van der Waals surface area contributed by atoms with Crippen LogP contribution in [-0.4, -0.2) is 46.1 Å². The molecule has 21 heavy (non-hydrogen) atoms. The second kappa shape index (κ2) is 6.71. The lowest BCUT2D eigenvalue weighted by Crippen LogP contribution is -2.52. The Hall–Kier alpha value is -1.89. The number of H-pyrrole nitrogens is 1. The van der Waals surface area contributed by atoms with Crippen molar-refractivity contribution < 1.29 is 14.7 Å². The summed E-state index contributed by atoms with van der Waals surface area (Å²) >= 11 is 0. The van der Waals surface area contributed by atoms with Gasteiger partial charge >= 0.3 is 5.97 Å². The lowest BCUT2D eigenvalue weighted by Gasteiger charge is -2.36. The van der Waals surface area contributed by atoms with Gasteiger partial charge < -0.3 is 20.7 Å². The highest BCUT2D eigenvalue weighted by atomic mass is 16.4. The fraction of sp³-hybridized carbons (Fsp3) is 0.643. The number of imidazole rings is 1. The zero-order valence-electron chi connectivity index (χ0n) is 12.2. The van der Waals surface area contributed by atoms with E-state index in [-0.39, 0.29) is 12.3 Å². The fourth-order valence-electron chi connectivity index (χ4n) is 2.77. The number of piperidine rings is 1. The van der Waals surface area contributed by atoms with Gasteiger partial charge in [0, 0.05) is 18.3 Å². The number of carboxylic acids is 1. The molecule has 0 bridgehead atoms. The third-order valence-corrected chi connectivity index (χ3v) is 4.30. The quantitative estimate of drug-likeness (QED) is 0.604. The van der Waals surface area contributed by atoms with Gasteiger partial charge in [-0.25, -0.2) is 9.78 Å². The molecule has 2 heterocycles. The molecule has 7 heteroatoms. The second-order valence-electron chi connectivity index (χ2n) is 5.53. The molecule has 0 saturated carbocycles. The van der Waals surface area contributed by atoms with Crippen LogP contribution in [0.15, 0.2) is 12.5 Å². The van der Waals surface area contributed by atoms with E-state index in [1.165, 1.54) is 6.33 Å². The maximum absolute atomic E-state index is 12.6. The molecule has 7 nitrogen and oxygen atoms in total. The van der Waals surface area contributed by atoms with E-state index in [2.05, 4.69) is 20.6 Å². The molecular formula is C14H22N4O3. The maximum atomic E-state index is 12.6. The molecular weight excluding hydrogens is 272 g/mol. The number of carbonyl (C=O) groups excluding carboxylic acids is 1. The number of hydrogen-bond donors (Lipinski definition) is 4. The number of carbonyl (C=O) groups is 2. The number of aromatic nitrogens is 2. The smallest absolute Gasteiger partial charge is 0.326 e. The first-order chi connectivity index (χ1) is 10.1. The monoisotopic (exact) mass is 294 g/mol. The molecule has 1 fully saturated rings. The topological polar surface area (TPSA) is 107 Å². The number of nitrogens with zero attached hydrogens (tertiary/aromatic N) is 1. The van der Waals surface area contributed by atoms with E-state index in [9.17, 15) is 14.7 Å². The summed E-state index contributed by atoms with van der Waals surface area (Å²) in [6.45, 7) is 3.56. The van der Waals surface area contributed by atoms with Crippen molar-refractivity contribution in [2.45, 2.75) is 38.6 Å². The van der Waals surface area contributed by atoms with Gasteiger partial charge in [0.2, 0.25) is 5.91 Å². The minimum absolute atomic E-state index is 0.154. The summed E-state index contributed by atoms with van der Waals surface area (Å²) in [5.41, 5.74) is 0.242. The van der Waals surface area contributed by atoms with Crippen molar-refractivity contribution in [2.75, 3.05) is 13.1 Å². The van der Waals surface area contributed by atoms with Crippen molar-refractivity contribution in [3.8, 4) is 0 Å². The molecule has 1 aliphatic heterocycles. The Morgan fingerprint density at radius 3 is 2.71 bits per heavy atom. The molecule has 0 spiro atoms. The lowest BCUT2D eigenvalue weighted by atomic mass is 9.75. The standard InChI is InChI=1S/C14H22N4O3/c1-2-14(3-5-15-6-4-14)13(21)18-11(12(19)20)7-10-8-16-9-17-10/h8-9,11,15H,2-7H2,1H3,(H,16,17)(H,18,21)(H,19,20). The normalized spacial score (nSPS) is 18.9. The summed E-state index contributed by atoms with van der Waals surface area (Å²) in [5, 5.41) is 15.2. The van der Waals surface area contributed by atoms with Crippen LogP contribution in [0.2, 0.25) is 0 Å². The van der Waals surface area contributed by atoms with Crippen LogP contribution < -0.4 is 10.6 Å². The van der Waals surface area contributed by atoms with E-state index in [4.69, 9.17) is 0 Å². The first kappa shape index (κ1) is 15.5. The number of rotatable bonds is 6. The number of hydrogen-bond acceptors (Lipinski definition) is 4. The summed E-state index contributed by atoms with van der Waals surface area (Å²) in [4.78, 5) is 30.7. The van der Waals surface area contributed by atoms with Gasteiger partial charge in [-0.2, -0.15) is 0 Å². The van der Waals surface area contributed by atoms with Crippen LogP contribution in [0.3, 0.4) is 0 Å². The van der Waals surface area contributed by atoms with Crippen LogP contribution in [0.25, 0.3) is 0 Å². The number of aliphatic carboxylic acids is 1. The molecule has 0 radical (unpaired) electrons. The maximum Gasteiger partial charge on any atom is 0.326 e. The number of carboxylic acid groups (broad SMARTS) is 1. The Balaban J connectivity index is 2.05. The van der Waals surface area contributed by atoms with Gasteiger partial charge in [0.15, 0.2) is 0 Å². The van der Waals surface area contributed by atoms with Crippen LogP contribution >= 0.6 is 0 Å². The van der Waals surface area contributed by atoms with Crippen LogP contribution in [0.4, 0.5) is 0 Å². The Labute approximate surface area is 123 Å². The van der Waals surface area contributed by atoms with Gasteiger partial charge in [-0.3, -0.25) is 4.79 Å². The average molecular weight is 294 g/mol. The van der Waals surface area contributed by atoms with E-state index in [0.29, 0.717) is 5.69 Å². The Bertz CT molecular complexity index is 480. The summed E-state index contributed by atoms with van der Waals surface area (Å²) < 4.78 is 0. The van der Waals surface area contributed by atoms with Crippen LogP contribution in [0.5, 0.6) is 0 Å². The molecule has 4 N–H and O–H groups in total. The number of aromatic amines is 1. The van der Waals surface area contributed by atoms with E-state index in [0.717, 1.165) is 32.4 Å². The largest absolute Gasteiger partial charge is 0.480 e. The minimum Gasteiger partial charge on any atom is -0.480 e. The van der Waals surface area contributed by atoms with Gasteiger partial charge in [0.25, 0.3) is 0 Å². The molecule has 1 unspecified atom stereocenters. The van der Waals surface area contributed by atoms with E-state index < -0.39 is 17.4 Å². The van der Waals surface area contributed by atoms with E-state index in [1.807, 2.05) is 6.92 Å². The molecule has 116 valence electrons. The summed E-state index contributed by atoms with van der Waals surface area (Å²) in [7, 11) is 0.